The van der Waals surface area contributed by atoms with Crippen LogP contribution in [0, 0.1) is 0 Å². The Labute approximate surface area is 81.8 Å². The summed E-state index contributed by atoms with van der Waals surface area (Å²) in [7, 11) is 0. The molecule has 0 bridgehead atoms. The van der Waals surface area contributed by atoms with Gasteiger partial charge in [-0.3, -0.25) is 0 Å². The molecule has 0 aliphatic rings. The quantitative estimate of drug-likeness (QED) is 0.548. The average Bonchev–Trinajstić information content (AvgIpc) is 2.08. The molecule has 68 valence electrons. The Kier molecular flexibility index (Phi) is 3.53. The van der Waals surface area contributed by atoms with E-state index in [1.54, 1.807) is 12.1 Å². The molecule has 13 heavy (non-hydrogen) atoms. The van der Waals surface area contributed by atoms with Gasteiger partial charge in [-0.25, -0.2) is 4.79 Å². The highest BCUT2D eigenvalue weighted by atomic mass is 35.5. The topological polar surface area (TPSA) is 26.3 Å². The van der Waals surface area contributed by atoms with Gasteiger partial charge in [0.05, 0.1) is 0 Å². The molecule has 0 aromatic heterocycles. The number of hydrogen-bond acceptors (Lipinski definition) is 2. The molecule has 0 saturated carbocycles. The van der Waals surface area contributed by atoms with Gasteiger partial charge < -0.3 is 4.74 Å². The Bertz CT molecular complexity index is 303. The fraction of sp³-hybridized carbons (Fsp3) is 0.100. The van der Waals surface area contributed by atoms with Gasteiger partial charge in [0, 0.05) is 11.6 Å². The molecule has 0 unspecified atom stereocenters. The zero-order valence-electron chi connectivity index (χ0n) is 7.00. The number of hydrogen-bond donors (Lipinski definition) is 0. The molecule has 1 aromatic carbocycles. The smallest absolute Gasteiger partial charge is 0.409 e. The Morgan fingerprint density at radius 2 is 2.08 bits per heavy atom. The second-order valence-electron chi connectivity index (χ2n) is 2.48. The van der Waals surface area contributed by atoms with Gasteiger partial charge in [0.15, 0.2) is 0 Å². The lowest BCUT2D eigenvalue weighted by atomic mass is 10.1. The van der Waals surface area contributed by atoms with Crippen LogP contribution >= 0.6 is 11.6 Å². The molecule has 0 aliphatic carbocycles. The first-order chi connectivity index (χ1) is 6.22. The summed E-state index contributed by atoms with van der Waals surface area (Å²) in [6.45, 7) is 3.62. The van der Waals surface area contributed by atoms with Crippen molar-refractivity contribution < 1.29 is 9.53 Å². The van der Waals surface area contributed by atoms with E-state index in [0.29, 0.717) is 5.75 Å². The Morgan fingerprint density at radius 1 is 1.46 bits per heavy atom. The van der Waals surface area contributed by atoms with Crippen molar-refractivity contribution in [3.8, 4) is 5.75 Å². The minimum absolute atomic E-state index is 0.452. The Morgan fingerprint density at radius 3 is 2.54 bits per heavy atom. The van der Waals surface area contributed by atoms with Crippen LogP contribution < -0.4 is 4.74 Å². The molecule has 2 nitrogen and oxygen atoms in total. The van der Waals surface area contributed by atoms with Crippen molar-refractivity contribution >= 4 is 17.0 Å². The highest BCUT2D eigenvalue weighted by Gasteiger charge is 1.98. The van der Waals surface area contributed by atoms with Crippen molar-refractivity contribution in [3.63, 3.8) is 0 Å². The summed E-state index contributed by atoms with van der Waals surface area (Å²) >= 11 is 5.04. The van der Waals surface area contributed by atoms with Crippen molar-refractivity contribution in [1.29, 1.82) is 0 Å². The van der Waals surface area contributed by atoms with Crippen molar-refractivity contribution in [2.24, 2.45) is 0 Å². The molecule has 0 atom stereocenters. The summed E-state index contributed by atoms with van der Waals surface area (Å²) in [5, 5.41) is 0. The summed E-state index contributed by atoms with van der Waals surface area (Å²) < 4.78 is 4.65. The first-order valence-electron chi connectivity index (χ1n) is 3.79. The van der Waals surface area contributed by atoms with Crippen molar-refractivity contribution in [1.82, 2.24) is 0 Å². The normalized spacial score (nSPS) is 9.31. The van der Waals surface area contributed by atoms with E-state index in [9.17, 15) is 4.79 Å². The fourth-order valence-corrected chi connectivity index (χ4v) is 1.04. The van der Waals surface area contributed by atoms with Crippen LogP contribution in [0.5, 0.6) is 5.75 Å². The molecule has 1 rings (SSSR count). The van der Waals surface area contributed by atoms with Crippen LogP contribution in [0.2, 0.25) is 0 Å². The third-order valence-electron chi connectivity index (χ3n) is 1.50. The maximum atomic E-state index is 10.4. The van der Waals surface area contributed by atoms with Gasteiger partial charge in [-0.15, -0.1) is 6.58 Å². The third-order valence-corrected chi connectivity index (χ3v) is 1.58. The van der Waals surface area contributed by atoms with Gasteiger partial charge in [-0.1, -0.05) is 18.2 Å². The lowest BCUT2D eigenvalue weighted by molar-refractivity contribution is 0.225. The molecular formula is C10H9ClO2. The lowest BCUT2D eigenvalue weighted by Crippen LogP contribution is -1.95. The molecule has 0 radical (unpaired) electrons. The van der Waals surface area contributed by atoms with Crippen LogP contribution in [0.15, 0.2) is 36.9 Å². The lowest BCUT2D eigenvalue weighted by Gasteiger charge is -2.00. The molecule has 0 fully saturated rings. The number of allylic oxidation sites excluding steroid dienone is 1. The number of halogens is 1. The molecular weight excluding hydrogens is 188 g/mol. The first-order valence-corrected chi connectivity index (χ1v) is 4.17. The minimum Gasteiger partial charge on any atom is -0.415 e. The van der Waals surface area contributed by atoms with Crippen LogP contribution in [0.1, 0.15) is 5.56 Å². The van der Waals surface area contributed by atoms with Crippen LogP contribution in [-0.4, -0.2) is 5.43 Å². The van der Waals surface area contributed by atoms with E-state index in [0.717, 1.165) is 12.0 Å². The van der Waals surface area contributed by atoms with Crippen LogP contribution in [0.3, 0.4) is 0 Å². The molecule has 0 spiro atoms. The summed E-state index contributed by atoms with van der Waals surface area (Å²) in [5.41, 5.74) is 0.292. The fourth-order valence-electron chi connectivity index (χ4n) is 0.953. The molecule has 0 aliphatic heterocycles. The van der Waals surface area contributed by atoms with E-state index in [2.05, 4.69) is 11.3 Å². The molecule has 3 heteroatoms. The summed E-state index contributed by atoms with van der Waals surface area (Å²) in [6.07, 6.45) is 2.61. The highest BCUT2D eigenvalue weighted by molar-refractivity contribution is 6.61. The highest BCUT2D eigenvalue weighted by Crippen LogP contribution is 2.13. The molecule has 1 aromatic rings. The molecule has 0 saturated heterocycles. The Balaban J connectivity index is 2.69. The molecule has 0 heterocycles. The Hall–Kier alpha value is -1.28. The van der Waals surface area contributed by atoms with Crippen molar-refractivity contribution in [3.05, 3.63) is 42.5 Å². The second-order valence-corrected chi connectivity index (χ2v) is 2.79. The SMILES string of the molecule is C=CCc1ccc(OC(=O)Cl)cc1. The predicted molar refractivity (Wildman–Crippen MR) is 52.2 cm³/mol. The van der Waals surface area contributed by atoms with Crippen molar-refractivity contribution in [2.75, 3.05) is 0 Å². The largest absolute Gasteiger partial charge is 0.415 e. The summed E-state index contributed by atoms with van der Waals surface area (Å²) in [4.78, 5) is 10.4. The number of rotatable bonds is 3. The van der Waals surface area contributed by atoms with Gasteiger partial charge in [0.1, 0.15) is 5.75 Å². The third kappa shape index (κ3) is 3.30. The van der Waals surface area contributed by atoms with Crippen molar-refractivity contribution in [2.45, 2.75) is 6.42 Å². The standard InChI is InChI=1S/C10H9ClO2/c1-2-3-8-4-6-9(7-5-8)13-10(11)12/h2,4-7H,1,3H2. The van der Waals surface area contributed by atoms with Gasteiger partial charge in [0.25, 0.3) is 0 Å². The monoisotopic (exact) mass is 196 g/mol. The van der Waals surface area contributed by atoms with E-state index in [-0.39, 0.29) is 0 Å². The van der Waals surface area contributed by atoms with Crippen LogP contribution in [-0.2, 0) is 6.42 Å². The maximum Gasteiger partial charge on any atom is 0.409 e. The number of ether oxygens (including phenoxy) is 1. The zero-order chi connectivity index (χ0) is 9.68. The minimum atomic E-state index is -0.823. The van der Waals surface area contributed by atoms with E-state index in [1.165, 1.54) is 0 Å². The maximum absolute atomic E-state index is 10.4. The number of carbonyl (C=O) groups excluding carboxylic acids is 1. The first kappa shape index (κ1) is 9.81. The van der Waals surface area contributed by atoms with Gasteiger partial charge in [0.2, 0.25) is 0 Å². The average molecular weight is 197 g/mol. The van der Waals surface area contributed by atoms with E-state index in [1.807, 2.05) is 18.2 Å². The zero-order valence-corrected chi connectivity index (χ0v) is 7.75. The number of carbonyl (C=O) groups is 1. The van der Waals surface area contributed by atoms with Gasteiger partial charge in [-0.2, -0.15) is 0 Å². The van der Waals surface area contributed by atoms with Crippen LogP contribution in [0.4, 0.5) is 4.79 Å². The van der Waals surface area contributed by atoms with Gasteiger partial charge in [-0.05, 0) is 24.1 Å². The van der Waals surface area contributed by atoms with E-state index >= 15 is 0 Å². The predicted octanol–water partition coefficient (Wildman–Crippen LogP) is 3.15. The summed E-state index contributed by atoms with van der Waals surface area (Å²) in [6, 6.07) is 7.10. The van der Waals surface area contributed by atoms with E-state index in [4.69, 9.17) is 11.6 Å². The molecule has 0 N–H and O–H groups in total. The van der Waals surface area contributed by atoms with Crippen LogP contribution in [0.25, 0.3) is 0 Å². The second kappa shape index (κ2) is 4.67. The number of benzene rings is 1. The van der Waals surface area contributed by atoms with Gasteiger partial charge >= 0.3 is 5.43 Å². The summed E-state index contributed by atoms with van der Waals surface area (Å²) in [5.74, 6) is 0.452. The van der Waals surface area contributed by atoms with E-state index < -0.39 is 5.43 Å². The molecule has 0 amide bonds.